The van der Waals surface area contributed by atoms with Gasteiger partial charge in [-0.1, -0.05) is 30.3 Å². The molecule has 0 spiro atoms. The molecule has 1 heterocycles. The third kappa shape index (κ3) is 3.78. The maximum absolute atomic E-state index is 12.4. The van der Waals surface area contributed by atoms with Gasteiger partial charge in [-0.3, -0.25) is 4.79 Å². The molecule has 4 N–H and O–H groups in total. The summed E-state index contributed by atoms with van der Waals surface area (Å²) >= 11 is 0. The molecule has 19 heavy (non-hydrogen) atoms. The highest BCUT2D eigenvalue weighted by Crippen LogP contribution is 2.03. The van der Waals surface area contributed by atoms with E-state index in [0.29, 0.717) is 0 Å². The molecule has 1 atom stereocenters. The maximum atomic E-state index is 12.4. The summed E-state index contributed by atoms with van der Waals surface area (Å²) in [5.74, 6) is 0.207. The van der Waals surface area contributed by atoms with Gasteiger partial charge in [-0.25, -0.2) is 0 Å². The molecule has 4 nitrogen and oxygen atoms in total. The molecule has 0 radical (unpaired) electrons. The Morgan fingerprint density at radius 3 is 2.53 bits per heavy atom. The standard InChI is InChI=1S/C15H23N3O/c1-2-17-8-10-18(11-9-17)15(19)14(16)12-13-6-4-3-5-7-13/h3-7,14H,2,8-12,16H2,1H3/p+2/t14-/m0/s1. The van der Waals surface area contributed by atoms with E-state index in [1.54, 1.807) is 4.90 Å². The van der Waals surface area contributed by atoms with E-state index in [1.807, 2.05) is 23.1 Å². The van der Waals surface area contributed by atoms with E-state index in [9.17, 15) is 4.79 Å². The van der Waals surface area contributed by atoms with Crippen LogP contribution in [0.2, 0.25) is 0 Å². The molecule has 0 unspecified atom stereocenters. The van der Waals surface area contributed by atoms with E-state index in [2.05, 4.69) is 24.8 Å². The first-order valence-corrected chi connectivity index (χ1v) is 7.20. The van der Waals surface area contributed by atoms with E-state index in [0.717, 1.165) is 39.1 Å². The average Bonchev–Trinajstić information content (AvgIpc) is 2.47. The van der Waals surface area contributed by atoms with Crippen molar-refractivity contribution >= 4 is 5.91 Å². The van der Waals surface area contributed by atoms with Crippen molar-refractivity contribution in [2.24, 2.45) is 0 Å². The molecule has 0 aromatic heterocycles. The van der Waals surface area contributed by atoms with Crippen molar-refractivity contribution in [2.75, 3.05) is 32.7 Å². The Morgan fingerprint density at radius 2 is 1.95 bits per heavy atom. The SMILES string of the molecule is CC[NH+]1CCN(C(=O)[C@@H]([NH3+])Cc2ccccc2)CC1. The molecule has 2 rings (SSSR count). The first-order chi connectivity index (χ1) is 9.20. The molecule has 4 heteroatoms. The Morgan fingerprint density at radius 1 is 1.32 bits per heavy atom. The van der Waals surface area contributed by atoms with Gasteiger partial charge in [0.1, 0.15) is 0 Å². The summed E-state index contributed by atoms with van der Waals surface area (Å²) < 4.78 is 0. The van der Waals surface area contributed by atoms with Crippen molar-refractivity contribution in [1.29, 1.82) is 0 Å². The topological polar surface area (TPSA) is 52.4 Å². The van der Waals surface area contributed by atoms with Gasteiger partial charge >= 0.3 is 0 Å². The normalized spacial score (nSPS) is 18.3. The number of nitrogens with zero attached hydrogens (tertiary/aromatic N) is 1. The lowest BCUT2D eigenvalue weighted by molar-refractivity contribution is -0.902. The molecular weight excluding hydrogens is 238 g/mol. The second-order valence-electron chi connectivity index (χ2n) is 5.32. The van der Waals surface area contributed by atoms with Crippen LogP contribution in [0.4, 0.5) is 0 Å². The number of rotatable bonds is 4. The number of carbonyl (C=O) groups is 1. The maximum Gasteiger partial charge on any atom is 0.281 e. The van der Waals surface area contributed by atoms with Crippen molar-refractivity contribution in [3.8, 4) is 0 Å². The molecular formula is C15H25N3O+2. The van der Waals surface area contributed by atoms with Crippen LogP contribution in [0.5, 0.6) is 0 Å². The van der Waals surface area contributed by atoms with Gasteiger partial charge in [0.15, 0.2) is 6.04 Å². The summed E-state index contributed by atoms with van der Waals surface area (Å²) in [6.45, 7) is 7.25. The smallest absolute Gasteiger partial charge is 0.281 e. The quantitative estimate of drug-likeness (QED) is 0.689. The summed E-state index contributed by atoms with van der Waals surface area (Å²) in [5.41, 5.74) is 5.24. The van der Waals surface area contributed by atoms with Gasteiger partial charge in [-0.15, -0.1) is 0 Å². The Labute approximate surface area is 115 Å². The van der Waals surface area contributed by atoms with Gasteiger partial charge in [0.25, 0.3) is 5.91 Å². The van der Waals surface area contributed by atoms with Crippen LogP contribution in [-0.2, 0) is 11.2 Å². The molecule has 1 aliphatic heterocycles. The van der Waals surface area contributed by atoms with Crippen LogP contribution in [0.15, 0.2) is 30.3 Å². The molecule has 1 aliphatic rings. The number of hydrogen-bond acceptors (Lipinski definition) is 1. The molecule has 0 bridgehead atoms. The number of likely N-dealkylation sites (N-methyl/N-ethyl adjacent to an activating group) is 1. The lowest BCUT2D eigenvalue weighted by Gasteiger charge is -2.32. The summed E-state index contributed by atoms with van der Waals surface area (Å²) in [6, 6.07) is 9.97. The predicted octanol–water partition coefficient (Wildman–Crippen LogP) is -1.41. The van der Waals surface area contributed by atoms with Gasteiger partial charge in [0.05, 0.1) is 32.7 Å². The monoisotopic (exact) mass is 263 g/mol. The molecule has 0 aliphatic carbocycles. The number of amides is 1. The van der Waals surface area contributed by atoms with E-state index in [4.69, 9.17) is 0 Å². The van der Waals surface area contributed by atoms with Crippen LogP contribution < -0.4 is 10.6 Å². The van der Waals surface area contributed by atoms with Crippen molar-refractivity contribution in [3.63, 3.8) is 0 Å². The minimum Gasteiger partial charge on any atom is -0.347 e. The lowest BCUT2D eigenvalue weighted by Crippen LogP contribution is -3.14. The van der Waals surface area contributed by atoms with Crippen LogP contribution in [0.3, 0.4) is 0 Å². The highest BCUT2D eigenvalue weighted by Gasteiger charge is 2.28. The van der Waals surface area contributed by atoms with Gasteiger partial charge in [-0.05, 0) is 12.5 Å². The number of nitrogens with one attached hydrogen (secondary N) is 1. The number of hydrogen-bond donors (Lipinski definition) is 2. The number of benzene rings is 1. The molecule has 1 amide bonds. The van der Waals surface area contributed by atoms with Crippen molar-refractivity contribution in [2.45, 2.75) is 19.4 Å². The van der Waals surface area contributed by atoms with Crippen LogP contribution in [0.1, 0.15) is 12.5 Å². The van der Waals surface area contributed by atoms with Crippen LogP contribution in [-0.4, -0.2) is 49.6 Å². The second kappa shape index (κ2) is 6.68. The third-order valence-electron chi connectivity index (χ3n) is 3.96. The van der Waals surface area contributed by atoms with Gasteiger partial charge in [0.2, 0.25) is 0 Å². The number of quaternary nitrogens is 2. The van der Waals surface area contributed by atoms with E-state index >= 15 is 0 Å². The zero-order chi connectivity index (χ0) is 13.7. The van der Waals surface area contributed by atoms with E-state index in [1.165, 1.54) is 5.56 Å². The Kier molecular flexibility index (Phi) is 4.93. The summed E-state index contributed by atoms with van der Waals surface area (Å²) in [5, 5.41) is 0. The highest BCUT2D eigenvalue weighted by atomic mass is 16.2. The minimum atomic E-state index is -0.162. The third-order valence-corrected chi connectivity index (χ3v) is 3.96. The van der Waals surface area contributed by atoms with Gasteiger partial charge in [-0.2, -0.15) is 0 Å². The minimum absolute atomic E-state index is 0.162. The van der Waals surface area contributed by atoms with Crippen LogP contribution in [0, 0.1) is 0 Å². The van der Waals surface area contributed by atoms with Crippen molar-refractivity contribution < 1.29 is 15.4 Å². The van der Waals surface area contributed by atoms with E-state index in [-0.39, 0.29) is 11.9 Å². The van der Waals surface area contributed by atoms with Crippen LogP contribution in [0.25, 0.3) is 0 Å². The van der Waals surface area contributed by atoms with Crippen molar-refractivity contribution in [1.82, 2.24) is 4.90 Å². The fourth-order valence-corrected chi connectivity index (χ4v) is 2.64. The Balaban J connectivity index is 1.86. The predicted molar refractivity (Wildman–Crippen MR) is 74.6 cm³/mol. The van der Waals surface area contributed by atoms with Crippen LogP contribution >= 0.6 is 0 Å². The summed E-state index contributed by atoms with van der Waals surface area (Å²) in [6.07, 6.45) is 0.737. The van der Waals surface area contributed by atoms with Crippen molar-refractivity contribution in [3.05, 3.63) is 35.9 Å². The molecule has 1 aromatic carbocycles. The Bertz CT molecular complexity index is 399. The largest absolute Gasteiger partial charge is 0.347 e. The average molecular weight is 263 g/mol. The highest BCUT2D eigenvalue weighted by molar-refractivity contribution is 5.80. The number of piperazine rings is 1. The summed E-state index contributed by atoms with van der Waals surface area (Å²) in [4.78, 5) is 15.9. The molecule has 1 fully saturated rings. The second-order valence-corrected chi connectivity index (χ2v) is 5.32. The van der Waals surface area contributed by atoms with E-state index < -0.39 is 0 Å². The molecule has 1 saturated heterocycles. The lowest BCUT2D eigenvalue weighted by atomic mass is 10.1. The first kappa shape index (κ1) is 14.0. The fraction of sp³-hybridized carbons (Fsp3) is 0.533. The van der Waals surface area contributed by atoms with Gasteiger partial charge < -0.3 is 15.5 Å². The van der Waals surface area contributed by atoms with Gasteiger partial charge in [0, 0.05) is 6.42 Å². The number of carbonyl (C=O) groups excluding carboxylic acids is 1. The first-order valence-electron chi connectivity index (χ1n) is 7.20. The Hall–Kier alpha value is -1.39. The molecule has 1 aromatic rings. The zero-order valence-electron chi connectivity index (χ0n) is 11.8. The molecule has 104 valence electrons. The summed E-state index contributed by atoms with van der Waals surface area (Å²) in [7, 11) is 0. The fourth-order valence-electron chi connectivity index (χ4n) is 2.64. The molecule has 0 saturated carbocycles. The zero-order valence-corrected chi connectivity index (χ0v) is 11.8.